The molecule has 2 aromatic rings. The maximum Gasteiger partial charge on any atom is 0.240 e. The molecule has 0 heterocycles. The molecular formula is C21H25N3O2. The van der Waals surface area contributed by atoms with Crippen molar-refractivity contribution in [1.29, 1.82) is 0 Å². The molecule has 0 atom stereocenters. The molecule has 0 fully saturated rings. The van der Waals surface area contributed by atoms with Crippen LogP contribution in [0.25, 0.3) is 0 Å². The molecule has 0 saturated heterocycles. The zero-order chi connectivity index (χ0) is 18.9. The van der Waals surface area contributed by atoms with Crippen molar-refractivity contribution in [3.63, 3.8) is 0 Å². The van der Waals surface area contributed by atoms with Crippen LogP contribution in [0.3, 0.4) is 0 Å². The summed E-state index contributed by atoms with van der Waals surface area (Å²) in [4.78, 5) is 23.6. The first-order chi connectivity index (χ1) is 12.4. The first-order valence-corrected chi connectivity index (χ1v) is 8.72. The standard InChI is InChI=1S/C21H25N3O2/c1-15(2)18-8-6-17(7-9-18)14-22-24-21(26)13-12-20(25)23-19-10-4-16(3)5-11-19/h4-11,14-15H,12-13H2,1-3H3,(H,23,25)(H,24,26). The number of hydrogen-bond acceptors (Lipinski definition) is 3. The van der Waals surface area contributed by atoms with Crippen LogP contribution in [-0.4, -0.2) is 18.0 Å². The number of nitrogens with one attached hydrogen (secondary N) is 2. The fourth-order valence-electron chi connectivity index (χ4n) is 2.29. The molecule has 0 saturated carbocycles. The van der Waals surface area contributed by atoms with Crippen LogP contribution in [-0.2, 0) is 9.59 Å². The van der Waals surface area contributed by atoms with E-state index in [-0.39, 0.29) is 24.7 Å². The molecule has 2 aromatic carbocycles. The third-order valence-corrected chi connectivity index (χ3v) is 3.92. The van der Waals surface area contributed by atoms with Gasteiger partial charge in [0.05, 0.1) is 6.21 Å². The number of amides is 2. The smallest absolute Gasteiger partial charge is 0.240 e. The summed E-state index contributed by atoms with van der Waals surface area (Å²) in [6.45, 7) is 6.26. The lowest BCUT2D eigenvalue weighted by atomic mass is 10.0. The lowest BCUT2D eigenvalue weighted by Gasteiger charge is -2.05. The molecule has 2 N–H and O–H groups in total. The molecule has 0 aromatic heterocycles. The minimum absolute atomic E-state index is 0.0846. The summed E-state index contributed by atoms with van der Waals surface area (Å²) in [5.74, 6) is -0.0110. The van der Waals surface area contributed by atoms with E-state index in [4.69, 9.17) is 0 Å². The topological polar surface area (TPSA) is 70.6 Å². The van der Waals surface area contributed by atoms with Gasteiger partial charge in [0.1, 0.15) is 0 Å². The Morgan fingerprint density at radius 3 is 2.19 bits per heavy atom. The minimum atomic E-state index is -0.292. The Bertz CT molecular complexity index is 763. The maximum absolute atomic E-state index is 11.9. The van der Waals surface area contributed by atoms with Gasteiger partial charge < -0.3 is 5.32 Å². The van der Waals surface area contributed by atoms with E-state index in [0.29, 0.717) is 5.92 Å². The van der Waals surface area contributed by atoms with Gasteiger partial charge in [-0.2, -0.15) is 5.10 Å². The van der Waals surface area contributed by atoms with E-state index in [1.54, 1.807) is 6.21 Å². The number of nitrogens with zero attached hydrogens (tertiary/aromatic N) is 1. The van der Waals surface area contributed by atoms with Gasteiger partial charge in [-0.05, 0) is 36.1 Å². The van der Waals surface area contributed by atoms with Crippen LogP contribution in [0.5, 0.6) is 0 Å². The van der Waals surface area contributed by atoms with Crippen LogP contribution < -0.4 is 10.7 Å². The molecule has 136 valence electrons. The SMILES string of the molecule is Cc1ccc(NC(=O)CCC(=O)NN=Cc2ccc(C(C)C)cc2)cc1. The van der Waals surface area contributed by atoms with Gasteiger partial charge in [-0.3, -0.25) is 9.59 Å². The van der Waals surface area contributed by atoms with E-state index in [0.717, 1.165) is 16.8 Å². The molecular weight excluding hydrogens is 326 g/mol. The van der Waals surface area contributed by atoms with Gasteiger partial charge in [0, 0.05) is 18.5 Å². The zero-order valence-electron chi connectivity index (χ0n) is 15.5. The van der Waals surface area contributed by atoms with Crippen molar-refractivity contribution in [3.05, 3.63) is 65.2 Å². The monoisotopic (exact) mass is 351 g/mol. The van der Waals surface area contributed by atoms with Gasteiger partial charge in [-0.15, -0.1) is 0 Å². The Kier molecular flexibility index (Phi) is 7.09. The molecule has 0 bridgehead atoms. The number of hydrazone groups is 1. The highest BCUT2D eigenvalue weighted by Crippen LogP contribution is 2.13. The molecule has 5 heteroatoms. The Hall–Kier alpha value is -2.95. The normalized spacial score (nSPS) is 10.9. The van der Waals surface area contributed by atoms with Gasteiger partial charge in [-0.25, -0.2) is 5.43 Å². The van der Waals surface area contributed by atoms with Crippen molar-refractivity contribution in [1.82, 2.24) is 5.43 Å². The molecule has 2 rings (SSSR count). The summed E-state index contributed by atoms with van der Waals surface area (Å²) in [7, 11) is 0. The molecule has 2 amide bonds. The number of rotatable bonds is 7. The zero-order valence-corrected chi connectivity index (χ0v) is 15.5. The van der Waals surface area contributed by atoms with Gasteiger partial charge in [0.2, 0.25) is 11.8 Å². The summed E-state index contributed by atoms with van der Waals surface area (Å²) in [6.07, 6.45) is 1.79. The van der Waals surface area contributed by atoms with Gasteiger partial charge >= 0.3 is 0 Å². The maximum atomic E-state index is 11.9. The molecule has 0 unspecified atom stereocenters. The van der Waals surface area contributed by atoms with Crippen molar-refractivity contribution in [3.8, 4) is 0 Å². The van der Waals surface area contributed by atoms with E-state index in [1.165, 1.54) is 5.56 Å². The quantitative estimate of drug-likeness (QED) is 0.585. The number of aryl methyl sites for hydroxylation is 1. The van der Waals surface area contributed by atoms with E-state index < -0.39 is 0 Å². The highest BCUT2D eigenvalue weighted by atomic mass is 16.2. The highest BCUT2D eigenvalue weighted by Gasteiger charge is 2.06. The van der Waals surface area contributed by atoms with E-state index in [2.05, 4.69) is 29.7 Å². The lowest BCUT2D eigenvalue weighted by molar-refractivity contribution is -0.124. The summed E-state index contributed by atoms with van der Waals surface area (Å²) >= 11 is 0. The van der Waals surface area contributed by atoms with E-state index >= 15 is 0 Å². The third kappa shape index (κ3) is 6.51. The van der Waals surface area contributed by atoms with E-state index in [1.807, 2.05) is 55.5 Å². The van der Waals surface area contributed by atoms with Crippen molar-refractivity contribution >= 4 is 23.7 Å². The van der Waals surface area contributed by atoms with Gasteiger partial charge in [0.15, 0.2) is 0 Å². The first kappa shape index (κ1) is 19.4. The molecule has 0 aliphatic heterocycles. The predicted molar refractivity (Wildman–Crippen MR) is 105 cm³/mol. The fraction of sp³-hybridized carbons (Fsp3) is 0.286. The summed E-state index contributed by atoms with van der Waals surface area (Å²) < 4.78 is 0. The van der Waals surface area contributed by atoms with Crippen LogP contribution in [0, 0.1) is 6.92 Å². The Balaban J connectivity index is 1.72. The summed E-state index contributed by atoms with van der Waals surface area (Å²) in [6, 6.07) is 15.5. The van der Waals surface area contributed by atoms with Crippen LogP contribution in [0.1, 0.15) is 49.3 Å². The Morgan fingerprint density at radius 2 is 1.58 bits per heavy atom. The molecule has 26 heavy (non-hydrogen) atoms. The number of hydrogen-bond donors (Lipinski definition) is 2. The van der Waals surface area contributed by atoms with Crippen LogP contribution >= 0.6 is 0 Å². The average molecular weight is 351 g/mol. The van der Waals surface area contributed by atoms with Crippen LogP contribution in [0.4, 0.5) is 5.69 Å². The van der Waals surface area contributed by atoms with Crippen LogP contribution in [0.15, 0.2) is 53.6 Å². The summed E-state index contributed by atoms with van der Waals surface area (Å²) in [5.41, 5.74) is 6.46. The number of carbonyl (C=O) groups is 2. The fourth-order valence-corrected chi connectivity index (χ4v) is 2.29. The van der Waals surface area contributed by atoms with Gasteiger partial charge in [0.25, 0.3) is 0 Å². The Morgan fingerprint density at radius 1 is 0.962 bits per heavy atom. The van der Waals surface area contributed by atoms with E-state index in [9.17, 15) is 9.59 Å². The molecule has 5 nitrogen and oxygen atoms in total. The van der Waals surface area contributed by atoms with Crippen LogP contribution in [0.2, 0.25) is 0 Å². The van der Waals surface area contributed by atoms with Crippen molar-refractivity contribution in [2.75, 3.05) is 5.32 Å². The predicted octanol–water partition coefficient (Wildman–Crippen LogP) is 3.99. The second-order valence-corrected chi connectivity index (χ2v) is 6.53. The average Bonchev–Trinajstić information content (AvgIpc) is 2.62. The lowest BCUT2D eigenvalue weighted by Crippen LogP contribution is -2.20. The van der Waals surface area contributed by atoms with Crippen molar-refractivity contribution in [2.24, 2.45) is 5.10 Å². The Labute approximate surface area is 154 Å². The molecule has 0 radical (unpaired) electrons. The second kappa shape index (κ2) is 9.51. The molecule has 0 aliphatic carbocycles. The second-order valence-electron chi connectivity index (χ2n) is 6.53. The molecule has 0 spiro atoms. The number of benzene rings is 2. The number of anilines is 1. The first-order valence-electron chi connectivity index (χ1n) is 8.72. The van der Waals surface area contributed by atoms with Crippen molar-refractivity contribution < 1.29 is 9.59 Å². The third-order valence-electron chi connectivity index (χ3n) is 3.92. The van der Waals surface area contributed by atoms with Crippen molar-refractivity contribution in [2.45, 2.75) is 39.5 Å². The largest absolute Gasteiger partial charge is 0.326 e. The highest BCUT2D eigenvalue weighted by molar-refractivity contribution is 5.93. The molecule has 0 aliphatic rings. The summed E-state index contributed by atoms with van der Waals surface area (Å²) in [5, 5.41) is 6.69. The minimum Gasteiger partial charge on any atom is -0.326 e. The van der Waals surface area contributed by atoms with Gasteiger partial charge in [-0.1, -0.05) is 55.8 Å². The number of carbonyl (C=O) groups excluding carboxylic acids is 2.